The molecule has 0 bridgehead atoms. The summed E-state index contributed by atoms with van der Waals surface area (Å²) >= 11 is 1.12. The minimum absolute atomic E-state index is 0.0388. The fourth-order valence-corrected chi connectivity index (χ4v) is 2.86. The molecule has 0 radical (unpaired) electrons. The second kappa shape index (κ2) is 7.51. The lowest BCUT2D eigenvalue weighted by Crippen LogP contribution is -2.28. The number of thioether (sulfide) groups is 1. The molecule has 0 saturated heterocycles. The smallest absolute Gasteiger partial charge is 0.251 e. The molecule has 0 fully saturated rings. The first kappa shape index (κ1) is 16.5. The molecule has 124 valence electrons. The van der Waals surface area contributed by atoms with Gasteiger partial charge in [-0.05, 0) is 30.0 Å². The van der Waals surface area contributed by atoms with Crippen LogP contribution in [0.5, 0.6) is 0 Å². The van der Waals surface area contributed by atoms with Crippen molar-refractivity contribution in [2.45, 2.75) is 5.03 Å². The van der Waals surface area contributed by atoms with Gasteiger partial charge in [0.2, 0.25) is 5.91 Å². The fourth-order valence-electron chi connectivity index (χ4n) is 2.15. The molecule has 2 heterocycles. The van der Waals surface area contributed by atoms with Crippen LogP contribution in [0.1, 0.15) is 5.56 Å². The van der Waals surface area contributed by atoms with Gasteiger partial charge < -0.3 is 10.5 Å². The van der Waals surface area contributed by atoms with Gasteiger partial charge in [0, 0.05) is 12.1 Å². The Hall–Kier alpha value is -3.31. The molecular weight excluding hydrogens is 338 g/mol. The molecule has 2 aromatic heterocycles. The maximum atomic E-state index is 12.3. The van der Waals surface area contributed by atoms with E-state index in [1.807, 2.05) is 36.4 Å². The van der Waals surface area contributed by atoms with Crippen LogP contribution in [0.2, 0.25) is 0 Å². The first-order valence-electron chi connectivity index (χ1n) is 7.33. The van der Waals surface area contributed by atoms with E-state index in [0.717, 1.165) is 17.4 Å². The van der Waals surface area contributed by atoms with Gasteiger partial charge >= 0.3 is 0 Å². The molecule has 8 heteroatoms. The van der Waals surface area contributed by atoms with E-state index in [4.69, 9.17) is 0 Å². The molecule has 1 amide bonds. The van der Waals surface area contributed by atoms with Crippen molar-refractivity contribution in [3.8, 4) is 11.8 Å². The molecule has 0 unspecified atom stereocenters. The lowest BCUT2D eigenvalue weighted by atomic mass is 10.3. The maximum Gasteiger partial charge on any atom is 0.251 e. The van der Waals surface area contributed by atoms with Crippen molar-refractivity contribution in [1.29, 1.82) is 5.26 Å². The molecule has 0 aliphatic rings. The Morgan fingerprint density at radius 3 is 2.76 bits per heavy atom. The second-order valence-corrected chi connectivity index (χ2v) is 5.96. The Balaban J connectivity index is 1.76. The van der Waals surface area contributed by atoms with Gasteiger partial charge in [0.1, 0.15) is 11.6 Å². The van der Waals surface area contributed by atoms with E-state index in [1.54, 1.807) is 18.2 Å². The summed E-state index contributed by atoms with van der Waals surface area (Å²) in [7, 11) is 0. The first-order valence-corrected chi connectivity index (χ1v) is 8.32. The van der Waals surface area contributed by atoms with Crippen molar-refractivity contribution in [3.63, 3.8) is 0 Å². The van der Waals surface area contributed by atoms with Gasteiger partial charge in [0.25, 0.3) is 5.03 Å². The highest BCUT2D eigenvalue weighted by atomic mass is 32.2. The predicted octanol–water partition coefficient (Wildman–Crippen LogP) is 2.11. The standard InChI is InChI=1S/C17H13N5O2S/c18-10-13-11-19-22(14-6-2-1-3-7-14)17(13)20-15(23)12-25-16-8-4-5-9-21(16)24/h1-9,11H,12H2,(H,20,23). The first-order chi connectivity index (χ1) is 12.2. The van der Waals surface area contributed by atoms with Gasteiger partial charge in [0.05, 0.1) is 17.6 Å². The summed E-state index contributed by atoms with van der Waals surface area (Å²) < 4.78 is 2.20. The SMILES string of the molecule is N#Cc1cnn(-c2ccccc2)c1NC(=O)CSc1cccc[n+]1[O-]. The highest BCUT2D eigenvalue weighted by Gasteiger charge is 2.16. The Labute approximate surface area is 148 Å². The number of benzene rings is 1. The molecule has 0 atom stereocenters. The third-order valence-electron chi connectivity index (χ3n) is 3.29. The number of nitriles is 1. The third kappa shape index (κ3) is 3.79. The molecule has 0 spiro atoms. The number of nitrogens with one attached hydrogen (secondary N) is 1. The Kier molecular flexibility index (Phi) is 4.97. The molecule has 0 aliphatic heterocycles. The number of pyridine rings is 1. The Morgan fingerprint density at radius 2 is 2.04 bits per heavy atom. The van der Waals surface area contributed by atoms with Crippen LogP contribution in [-0.2, 0) is 4.79 Å². The number of carbonyl (C=O) groups excluding carboxylic acids is 1. The van der Waals surface area contributed by atoms with Crippen LogP contribution in [0.4, 0.5) is 5.82 Å². The van der Waals surface area contributed by atoms with Crippen molar-refractivity contribution in [3.05, 3.63) is 71.7 Å². The van der Waals surface area contributed by atoms with Crippen molar-refractivity contribution >= 4 is 23.5 Å². The zero-order chi connectivity index (χ0) is 17.6. The molecule has 3 aromatic rings. The van der Waals surface area contributed by atoms with Crippen molar-refractivity contribution in [2.75, 3.05) is 11.1 Å². The van der Waals surface area contributed by atoms with E-state index in [1.165, 1.54) is 17.1 Å². The minimum atomic E-state index is -0.331. The summed E-state index contributed by atoms with van der Waals surface area (Å²) in [4.78, 5) is 12.3. The summed E-state index contributed by atoms with van der Waals surface area (Å²) in [5, 5.41) is 28.1. The van der Waals surface area contributed by atoms with Crippen LogP contribution in [-0.4, -0.2) is 21.4 Å². The average Bonchev–Trinajstić information content (AvgIpc) is 3.04. The highest BCUT2D eigenvalue weighted by Crippen LogP contribution is 2.20. The van der Waals surface area contributed by atoms with E-state index >= 15 is 0 Å². The molecule has 3 rings (SSSR count). The fraction of sp³-hybridized carbons (Fsp3) is 0.0588. The summed E-state index contributed by atoms with van der Waals surface area (Å²) in [6, 6.07) is 16.2. The molecule has 0 aliphatic carbocycles. The number of aromatic nitrogens is 3. The largest absolute Gasteiger partial charge is 0.618 e. The van der Waals surface area contributed by atoms with E-state index in [2.05, 4.69) is 10.4 Å². The van der Waals surface area contributed by atoms with Crippen LogP contribution in [0.15, 0.2) is 66.0 Å². The number of rotatable bonds is 5. The third-order valence-corrected chi connectivity index (χ3v) is 4.31. The summed E-state index contributed by atoms with van der Waals surface area (Å²) in [6.45, 7) is 0. The Morgan fingerprint density at radius 1 is 1.28 bits per heavy atom. The quantitative estimate of drug-likeness (QED) is 0.431. The monoisotopic (exact) mass is 351 g/mol. The van der Waals surface area contributed by atoms with Crippen molar-refractivity contribution in [2.24, 2.45) is 0 Å². The number of anilines is 1. The number of para-hydroxylation sites is 1. The molecular formula is C17H13N5O2S. The normalized spacial score (nSPS) is 10.2. The predicted molar refractivity (Wildman–Crippen MR) is 93.0 cm³/mol. The molecule has 1 N–H and O–H groups in total. The highest BCUT2D eigenvalue weighted by molar-refractivity contribution is 7.99. The van der Waals surface area contributed by atoms with Gasteiger partial charge in [0.15, 0.2) is 12.0 Å². The van der Waals surface area contributed by atoms with Crippen molar-refractivity contribution in [1.82, 2.24) is 9.78 Å². The van der Waals surface area contributed by atoms with Crippen molar-refractivity contribution < 1.29 is 9.52 Å². The number of hydrogen-bond donors (Lipinski definition) is 1. The van der Waals surface area contributed by atoms with Crippen LogP contribution in [0.25, 0.3) is 5.69 Å². The topological polar surface area (TPSA) is 97.7 Å². The number of amides is 1. The summed E-state index contributed by atoms with van der Waals surface area (Å²) in [5.41, 5.74) is 0.994. The molecule has 7 nitrogen and oxygen atoms in total. The maximum absolute atomic E-state index is 12.3. The zero-order valence-corrected chi connectivity index (χ0v) is 13.8. The lowest BCUT2D eigenvalue weighted by Gasteiger charge is -2.09. The zero-order valence-electron chi connectivity index (χ0n) is 13.0. The molecule has 0 saturated carbocycles. The number of nitrogens with zero attached hydrogens (tertiary/aromatic N) is 4. The van der Waals surface area contributed by atoms with Crippen LogP contribution in [0.3, 0.4) is 0 Å². The average molecular weight is 351 g/mol. The van der Waals surface area contributed by atoms with Gasteiger partial charge in [-0.15, -0.1) is 0 Å². The van der Waals surface area contributed by atoms with Gasteiger partial charge in [-0.3, -0.25) is 4.79 Å². The van der Waals surface area contributed by atoms with Crippen LogP contribution < -0.4 is 10.0 Å². The van der Waals surface area contributed by atoms with E-state index in [-0.39, 0.29) is 17.2 Å². The van der Waals surface area contributed by atoms with Crippen LogP contribution >= 0.6 is 11.8 Å². The Bertz CT molecular complexity index is 934. The van der Waals surface area contributed by atoms with Gasteiger partial charge in [-0.25, -0.2) is 4.68 Å². The number of carbonyl (C=O) groups is 1. The van der Waals surface area contributed by atoms with Gasteiger partial charge in [-0.1, -0.05) is 18.2 Å². The van der Waals surface area contributed by atoms with E-state index in [0.29, 0.717) is 15.6 Å². The summed E-state index contributed by atoms with van der Waals surface area (Å²) in [5.74, 6) is 0.0160. The second-order valence-electron chi connectivity index (χ2n) is 4.97. The van der Waals surface area contributed by atoms with Crippen LogP contribution in [0, 0.1) is 16.5 Å². The van der Waals surface area contributed by atoms with E-state index in [9.17, 15) is 15.3 Å². The minimum Gasteiger partial charge on any atom is -0.618 e. The van der Waals surface area contributed by atoms with E-state index < -0.39 is 0 Å². The van der Waals surface area contributed by atoms with Gasteiger partial charge in [-0.2, -0.15) is 15.1 Å². The lowest BCUT2D eigenvalue weighted by molar-refractivity contribution is -0.645. The summed E-state index contributed by atoms with van der Waals surface area (Å²) in [6.07, 6.45) is 2.77. The molecule has 25 heavy (non-hydrogen) atoms. The number of hydrogen-bond acceptors (Lipinski definition) is 5. The molecule has 1 aromatic carbocycles.